The zero-order valence-electron chi connectivity index (χ0n) is 22.5. The smallest absolute Gasteiger partial charge is 0.406 e. The van der Waals surface area contributed by atoms with Crippen LogP contribution < -0.4 is 5.32 Å². The fourth-order valence-corrected chi connectivity index (χ4v) is 4.88. The molecule has 6 atom stereocenters. The largest absolute Gasteiger partial charge is 0.463 e. The lowest BCUT2D eigenvalue weighted by atomic mass is 9.99. The molecular weight excluding hydrogens is 532 g/mol. The Hall–Kier alpha value is -3.11. The molecule has 1 heterocycles. The van der Waals surface area contributed by atoms with Crippen LogP contribution in [0.25, 0.3) is 0 Å². The van der Waals surface area contributed by atoms with Crippen molar-refractivity contribution in [2.24, 2.45) is 0 Å². The molecule has 216 valence electrons. The van der Waals surface area contributed by atoms with E-state index in [4.69, 9.17) is 28.5 Å². The van der Waals surface area contributed by atoms with Gasteiger partial charge in [-0.3, -0.25) is 28.8 Å². The second-order valence-electron chi connectivity index (χ2n) is 8.25. The van der Waals surface area contributed by atoms with E-state index in [1.165, 1.54) is 21.1 Å². The standard InChI is InChI=1S/C22H34N2O13S/c1-11(25)33-9-15-16(34-12(2)26)17(35-13(3)27)18(36-14(4)28)19(37-15)38-22(5,10-23-21(30)31-7)20(29)24(6)32-8/h15-19H,9-10H2,1-8H3,(H,23,30)/t15-,16-,17+,18-,19+,22+/m1/s1. The number of ether oxygens (including phenoxy) is 6. The number of amides is 2. The van der Waals surface area contributed by atoms with E-state index in [1.54, 1.807) is 0 Å². The predicted molar refractivity (Wildman–Crippen MR) is 128 cm³/mol. The topological polar surface area (TPSA) is 182 Å². The highest BCUT2D eigenvalue weighted by molar-refractivity contribution is 8.01. The molecule has 0 bridgehead atoms. The van der Waals surface area contributed by atoms with Gasteiger partial charge in [-0.05, 0) is 6.92 Å². The molecular formula is C22H34N2O13S. The van der Waals surface area contributed by atoms with Gasteiger partial charge in [-0.1, -0.05) is 0 Å². The average molecular weight is 567 g/mol. The van der Waals surface area contributed by atoms with E-state index in [9.17, 15) is 28.8 Å². The fourth-order valence-electron chi connectivity index (χ4n) is 3.44. The molecule has 1 aliphatic heterocycles. The van der Waals surface area contributed by atoms with Crippen LogP contribution in [0, 0.1) is 0 Å². The van der Waals surface area contributed by atoms with Gasteiger partial charge in [0.05, 0.1) is 14.2 Å². The van der Waals surface area contributed by atoms with Crippen molar-refractivity contribution in [2.45, 2.75) is 69.2 Å². The fraction of sp³-hybridized carbons (Fsp3) is 0.727. The molecule has 0 aromatic heterocycles. The van der Waals surface area contributed by atoms with Gasteiger partial charge in [0, 0.05) is 41.3 Å². The van der Waals surface area contributed by atoms with Crippen molar-refractivity contribution in [1.82, 2.24) is 10.4 Å². The summed E-state index contributed by atoms with van der Waals surface area (Å²) in [5, 5.41) is 3.35. The van der Waals surface area contributed by atoms with Crippen LogP contribution in [0.1, 0.15) is 34.6 Å². The van der Waals surface area contributed by atoms with Gasteiger partial charge in [-0.15, -0.1) is 11.8 Å². The first-order valence-electron chi connectivity index (χ1n) is 11.3. The molecule has 0 aromatic rings. The molecule has 0 aromatic carbocycles. The summed E-state index contributed by atoms with van der Waals surface area (Å²) in [7, 11) is 3.74. The lowest BCUT2D eigenvalue weighted by Crippen LogP contribution is -2.63. The maximum atomic E-state index is 13.3. The maximum absolute atomic E-state index is 13.3. The van der Waals surface area contributed by atoms with Crippen molar-refractivity contribution < 1.29 is 62.0 Å². The molecule has 38 heavy (non-hydrogen) atoms. The minimum Gasteiger partial charge on any atom is -0.463 e. The third-order valence-electron chi connectivity index (χ3n) is 5.09. The van der Waals surface area contributed by atoms with E-state index in [0.717, 1.165) is 51.6 Å². The number of esters is 4. The third kappa shape index (κ3) is 9.64. The lowest BCUT2D eigenvalue weighted by Gasteiger charge is -2.46. The molecule has 0 radical (unpaired) electrons. The normalized spacial score (nSPS) is 24.2. The first-order valence-corrected chi connectivity index (χ1v) is 12.2. The van der Waals surface area contributed by atoms with Crippen LogP contribution in [-0.2, 0) is 57.2 Å². The zero-order chi connectivity index (χ0) is 29.2. The Bertz CT molecular complexity index is 900. The van der Waals surface area contributed by atoms with Gasteiger partial charge in [0.2, 0.25) is 0 Å². The number of rotatable bonds is 11. The van der Waals surface area contributed by atoms with Crippen molar-refractivity contribution >= 4 is 47.6 Å². The zero-order valence-corrected chi connectivity index (χ0v) is 23.3. The van der Waals surface area contributed by atoms with Gasteiger partial charge in [0.1, 0.15) is 22.9 Å². The summed E-state index contributed by atoms with van der Waals surface area (Å²) in [5.74, 6) is -3.67. The number of nitrogens with one attached hydrogen (secondary N) is 1. The average Bonchev–Trinajstić information content (AvgIpc) is 2.83. The van der Waals surface area contributed by atoms with Gasteiger partial charge in [-0.2, -0.15) is 0 Å². The molecule has 2 amide bonds. The summed E-state index contributed by atoms with van der Waals surface area (Å²) < 4.78 is 30.3. The second kappa shape index (κ2) is 14.7. The lowest BCUT2D eigenvalue weighted by molar-refractivity contribution is -0.237. The van der Waals surface area contributed by atoms with Gasteiger partial charge < -0.3 is 33.7 Å². The predicted octanol–water partition coefficient (Wildman–Crippen LogP) is -0.0628. The van der Waals surface area contributed by atoms with Crippen LogP contribution in [0.4, 0.5) is 4.79 Å². The highest BCUT2D eigenvalue weighted by Gasteiger charge is 2.55. The quantitative estimate of drug-likeness (QED) is 0.199. The van der Waals surface area contributed by atoms with Gasteiger partial charge in [0.25, 0.3) is 5.91 Å². The van der Waals surface area contributed by atoms with E-state index >= 15 is 0 Å². The SMILES string of the molecule is COC(=O)NC[C@](C)(S[C@@H]1O[C@H](COC(C)=O)[C@@H](OC(C)=O)[C@H](OC(C)=O)[C@H]1OC(C)=O)C(=O)N(C)OC. The summed E-state index contributed by atoms with van der Waals surface area (Å²) in [6.45, 7) is 5.16. The monoisotopic (exact) mass is 566 g/mol. The number of thioether (sulfide) groups is 1. The number of hydrogen-bond acceptors (Lipinski definition) is 14. The molecule has 15 nitrogen and oxygen atoms in total. The molecule has 16 heteroatoms. The van der Waals surface area contributed by atoms with Crippen molar-refractivity contribution in [3.8, 4) is 0 Å². The number of hydrogen-bond donors (Lipinski definition) is 1. The van der Waals surface area contributed by atoms with E-state index in [1.807, 2.05) is 0 Å². The Morgan fingerprint density at radius 3 is 1.87 bits per heavy atom. The summed E-state index contributed by atoms with van der Waals surface area (Å²) in [6.07, 6.45) is -6.21. The minimum atomic E-state index is -1.54. The summed E-state index contributed by atoms with van der Waals surface area (Å²) in [5.41, 5.74) is -1.27. The number of hydroxylamine groups is 2. The Kier molecular flexibility index (Phi) is 12.8. The minimum absolute atomic E-state index is 0.302. The second-order valence-corrected chi connectivity index (χ2v) is 9.85. The Balaban J connectivity index is 3.60. The summed E-state index contributed by atoms with van der Waals surface area (Å²) >= 11 is 0.799. The summed E-state index contributed by atoms with van der Waals surface area (Å²) in [6, 6.07) is 0. The molecule has 1 rings (SSSR count). The molecule has 0 unspecified atom stereocenters. The van der Waals surface area contributed by atoms with Crippen LogP contribution in [0.5, 0.6) is 0 Å². The molecule has 0 aliphatic carbocycles. The number of methoxy groups -OCH3 is 1. The van der Waals surface area contributed by atoms with E-state index < -0.39 is 77.1 Å². The summed E-state index contributed by atoms with van der Waals surface area (Å²) in [4.78, 5) is 77.5. The van der Waals surface area contributed by atoms with Gasteiger partial charge >= 0.3 is 30.0 Å². The Morgan fingerprint density at radius 2 is 1.39 bits per heavy atom. The molecule has 1 saturated heterocycles. The Morgan fingerprint density at radius 1 is 0.868 bits per heavy atom. The third-order valence-corrected chi connectivity index (χ3v) is 6.54. The number of nitrogens with zero attached hydrogens (tertiary/aromatic N) is 1. The van der Waals surface area contributed by atoms with Crippen molar-refractivity contribution in [3.05, 3.63) is 0 Å². The Labute approximate surface area is 224 Å². The van der Waals surface area contributed by atoms with E-state index in [0.29, 0.717) is 0 Å². The highest BCUT2D eigenvalue weighted by atomic mass is 32.2. The van der Waals surface area contributed by atoms with Crippen LogP contribution in [0.2, 0.25) is 0 Å². The van der Waals surface area contributed by atoms with Crippen molar-refractivity contribution in [1.29, 1.82) is 0 Å². The number of carbonyl (C=O) groups excluding carboxylic acids is 6. The molecule has 0 saturated carbocycles. The first kappa shape index (κ1) is 32.9. The molecule has 0 spiro atoms. The van der Waals surface area contributed by atoms with Crippen LogP contribution >= 0.6 is 11.8 Å². The number of alkyl carbamates (subject to hydrolysis) is 1. The molecule has 1 N–H and O–H groups in total. The molecule has 1 aliphatic rings. The van der Waals surface area contributed by atoms with Gasteiger partial charge in [0.15, 0.2) is 18.3 Å². The van der Waals surface area contributed by atoms with Crippen molar-refractivity contribution in [2.75, 3.05) is 34.4 Å². The maximum Gasteiger partial charge on any atom is 0.406 e. The highest BCUT2D eigenvalue weighted by Crippen LogP contribution is 2.40. The van der Waals surface area contributed by atoms with Crippen LogP contribution in [0.15, 0.2) is 0 Å². The van der Waals surface area contributed by atoms with Crippen molar-refractivity contribution in [3.63, 3.8) is 0 Å². The van der Waals surface area contributed by atoms with E-state index in [-0.39, 0.29) is 6.54 Å². The van der Waals surface area contributed by atoms with Crippen LogP contribution in [0.3, 0.4) is 0 Å². The number of carbonyl (C=O) groups is 6. The van der Waals surface area contributed by atoms with Crippen LogP contribution in [-0.4, -0.2) is 110 Å². The van der Waals surface area contributed by atoms with Gasteiger partial charge in [-0.25, -0.2) is 9.86 Å². The first-order chi connectivity index (χ1) is 17.6. The van der Waals surface area contributed by atoms with E-state index in [2.05, 4.69) is 10.1 Å². The molecule has 1 fully saturated rings.